The zero-order valence-electron chi connectivity index (χ0n) is 15.1. The highest BCUT2D eigenvalue weighted by Crippen LogP contribution is 2.41. The van der Waals surface area contributed by atoms with Crippen LogP contribution in [0, 0.1) is 17.2 Å². The van der Waals surface area contributed by atoms with Crippen molar-refractivity contribution in [2.75, 3.05) is 6.54 Å². The third-order valence-corrected chi connectivity index (χ3v) is 5.51. The second-order valence-corrected chi connectivity index (χ2v) is 7.40. The number of carbonyl (C=O) groups excluding carboxylic acids is 3. The van der Waals surface area contributed by atoms with Crippen LogP contribution < -0.4 is 10.6 Å². The number of nitrogens with zero attached hydrogens (tertiary/aromatic N) is 2. The van der Waals surface area contributed by atoms with Crippen LogP contribution in [0.4, 0.5) is 4.79 Å². The summed E-state index contributed by atoms with van der Waals surface area (Å²) < 4.78 is 0. The number of imide groups is 1. The molecule has 1 heterocycles. The van der Waals surface area contributed by atoms with Crippen molar-refractivity contribution in [2.24, 2.45) is 5.92 Å². The number of amides is 4. The Bertz CT molecular complexity index is 828. The van der Waals surface area contributed by atoms with Crippen molar-refractivity contribution < 1.29 is 14.4 Å². The van der Waals surface area contributed by atoms with E-state index < -0.39 is 35.5 Å². The van der Waals surface area contributed by atoms with Gasteiger partial charge in [-0.05, 0) is 36.8 Å². The van der Waals surface area contributed by atoms with Gasteiger partial charge in [0.15, 0.2) is 0 Å². The van der Waals surface area contributed by atoms with Gasteiger partial charge in [0.05, 0.1) is 6.07 Å². The molecular weight excluding hydrogens is 332 g/mol. The standard InChI is InChI=1S/C19H22N4O3/c1-12(2)18(3,11-20)21-15(24)10-23-16(25)19(22-17(23)26)9-8-13-6-4-5-7-14(13)19/h4-7,12H,8-10H2,1-3H3,(H,21,24)(H,22,26)/t18-,19+/m1/s1. The highest BCUT2D eigenvalue weighted by atomic mass is 16.2. The lowest BCUT2D eigenvalue weighted by Crippen LogP contribution is -2.52. The van der Waals surface area contributed by atoms with E-state index in [1.54, 1.807) is 6.92 Å². The first kappa shape index (κ1) is 17.9. The van der Waals surface area contributed by atoms with E-state index in [0.29, 0.717) is 12.8 Å². The Morgan fingerprint density at radius 2 is 2.12 bits per heavy atom. The molecule has 1 fully saturated rings. The van der Waals surface area contributed by atoms with Crippen LogP contribution in [0.2, 0.25) is 0 Å². The number of aryl methyl sites for hydroxylation is 1. The number of benzene rings is 1. The molecule has 1 saturated heterocycles. The van der Waals surface area contributed by atoms with Crippen LogP contribution >= 0.6 is 0 Å². The molecule has 1 aliphatic carbocycles. The van der Waals surface area contributed by atoms with Gasteiger partial charge >= 0.3 is 6.03 Å². The molecular formula is C19H22N4O3. The fraction of sp³-hybridized carbons (Fsp3) is 0.474. The van der Waals surface area contributed by atoms with Gasteiger partial charge in [-0.1, -0.05) is 38.1 Å². The number of nitrogens with one attached hydrogen (secondary N) is 2. The van der Waals surface area contributed by atoms with Crippen molar-refractivity contribution in [1.29, 1.82) is 5.26 Å². The number of urea groups is 1. The highest BCUT2D eigenvalue weighted by Gasteiger charge is 2.55. The second-order valence-electron chi connectivity index (χ2n) is 7.40. The summed E-state index contributed by atoms with van der Waals surface area (Å²) in [6, 6.07) is 9.03. The fourth-order valence-electron chi connectivity index (χ4n) is 3.51. The Morgan fingerprint density at radius 3 is 2.77 bits per heavy atom. The van der Waals surface area contributed by atoms with Crippen LogP contribution in [0.15, 0.2) is 24.3 Å². The van der Waals surface area contributed by atoms with E-state index >= 15 is 0 Å². The van der Waals surface area contributed by atoms with Crippen molar-refractivity contribution in [3.63, 3.8) is 0 Å². The molecule has 1 spiro atoms. The molecule has 2 aliphatic rings. The number of nitriles is 1. The molecule has 136 valence electrons. The molecule has 1 aromatic carbocycles. The molecule has 1 aromatic rings. The summed E-state index contributed by atoms with van der Waals surface area (Å²) in [5, 5.41) is 14.7. The summed E-state index contributed by atoms with van der Waals surface area (Å²) in [7, 11) is 0. The molecule has 7 nitrogen and oxygen atoms in total. The van der Waals surface area contributed by atoms with Crippen molar-refractivity contribution >= 4 is 17.8 Å². The van der Waals surface area contributed by atoms with Gasteiger partial charge in [-0.3, -0.25) is 14.5 Å². The van der Waals surface area contributed by atoms with Crippen molar-refractivity contribution in [2.45, 2.75) is 44.7 Å². The molecule has 0 unspecified atom stereocenters. The zero-order chi connectivity index (χ0) is 19.1. The van der Waals surface area contributed by atoms with Gasteiger partial charge in [0.2, 0.25) is 5.91 Å². The first-order valence-corrected chi connectivity index (χ1v) is 8.68. The lowest BCUT2D eigenvalue weighted by Gasteiger charge is -2.28. The van der Waals surface area contributed by atoms with Crippen molar-refractivity contribution in [1.82, 2.24) is 15.5 Å². The van der Waals surface area contributed by atoms with E-state index in [4.69, 9.17) is 0 Å². The average Bonchev–Trinajstić information content (AvgIpc) is 3.08. The van der Waals surface area contributed by atoms with Crippen LogP contribution in [-0.4, -0.2) is 34.8 Å². The first-order valence-electron chi connectivity index (χ1n) is 8.68. The first-order chi connectivity index (χ1) is 12.2. The molecule has 26 heavy (non-hydrogen) atoms. The quantitative estimate of drug-likeness (QED) is 0.799. The molecule has 0 bridgehead atoms. The van der Waals surface area contributed by atoms with Crippen LogP contribution in [-0.2, 0) is 21.5 Å². The van der Waals surface area contributed by atoms with Crippen LogP contribution in [0.1, 0.15) is 38.3 Å². The van der Waals surface area contributed by atoms with Gasteiger partial charge in [-0.15, -0.1) is 0 Å². The van der Waals surface area contributed by atoms with Crippen LogP contribution in [0.25, 0.3) is 0 Å². The Morgan fingerprint density at radius 1 is 1.42 bits per heavy atom. The molecule has 1 aliphatic heterocycles. The van der Waals surface area contributed by atoms with Gasteiger partial charge in [-0.25, -0.2) is 4.79 Å². The van der Waals surface area contributed by atoms with E-state index in [1.165, 1.54) is 0 Å². The summed E-state index contributed by atoms with van der Waals surface area (Å²) in [5.74, 6) is -1.06. The Balaban J connectivity index is 1.79. The molecule has 0 saturated carbocycles. The van der Waals surface area contributed by atoms with Crippen molar-refractivity contribution in [3.05, 3.63) is 35.4 Å². The maximum absolute atomic E-state index is 13.0. The summed E-state index contributed by atoms with van der Waals surface area (Å²) in [5.41, 5.74) is -0.312. The zero-order valence-corrected chi connectivity index (χ0v) is 15.1. The minimum Gasteiger partial charge on any atom is -0.336 e. The molecule has 0 aromatic heterocycles. The normalized spacial score (nSPS) is 23.6. The summed E-state index contributed by atoms with van der Waals surface area (Å²) in [6.07, 6.45) is 1.18. The van der Waals surface area contributed by atoms with E-state index in [2.05, 4.69) is 16.7 Å². The van der Waals surface area contributed by atoms with Crippen molar-refractivity contribution in [3.8, 4) is 6.07 Å². The summed E-state index contributed by atoms with van der Waals surface area (Å²) in [4.78, 5) is 38.7. The maximum Gasteiger partial charge on any atom is 0.325 e. The lowest BCUT2D eigenvalue weighted by atomic mass is 9.90. The maximum atomic E-state index is 13.0. The number of hydrogen-bond acceptors (Lipinski definition) is 4. The van der Waals surface area contributed by atoms with E-state index in [1.807, 2.05) is 38.1 Å². The third kappa shape index (κ3) is 2.62. The van der Waals surface area contributed by atoms with E-state index in [0.717, 1.165) is 16.0 Å². The minimum atomic E-state index is -1.08. The Labute approximate surface area is 152 Å². The Hall–Kier alpha value is -2.88. The van der Waals surface area contributed by atoms with Gasteiger partial charge < -0.3 is 10.6 Å². The molecule has 0 radical (unpaired) electrons. The van der Waals surface area contributed by atoms with Crippen LogP contribution in [0.5, 0.6) is 0 Å². The smallest absolute Gasteiger partial charge is 0.325 e. The summed E-state index contributed by atoms with van der Waals surface area (Å²) in [6.45, 7) is 4.86. The second kappa shape index (κ2) is 6.13. The lowest BCUT2D eigenvalue weighted by molar-refractivity contribution is -0.135. The third-order valence-electron chi connectivity index (χ3n) is 5.51. The highest BCUT2D eigenvalue weighted by molar-refractivity contribution is 6.10. The van der Waals surface area contributed by atoms with E-state index in [9.17, 15) is 19.6 Å². The Kier molecular flexibility index (Phi) is 4.23. The van der Waals surface area contributed by atoms with E-state index in [-0.39, 0.29) is 5.92 Å². The number of carbonyl (C=O) groups is 3. The van der Waals surface area contributed by atoms with Gasteiger partial charge in [0.1, 0.15) is 17.6 Å². The predicted molar refractivity (Wildman–Crippen MR) is 93.7 cm³/mol. The predicted octanol–water partition coefficient (Wildman–Crippen LogP) is 1.43. The largest absolute Gasteiger partial charge is 0.336 e. The number of hydrogen-bond donors (Lipinski definition) is 2. The molecule has 7 heteroatoms. The topological polar surface area (TPSA) is 102 Å². The number of fused-ring (bicyclic) bond motifs is 2. The van der Waals surface area contributed by atoms with Gasteiger partial charge in [-0.2, -0.15) is 5.26 Å². The average molecular weight is 354 g/mol. The van der Waals surface area contributed by atoms with Gasteiger partial charge in [0.25, 0.3) is 5.91 Å². The molecule has 4 amide bonds. The summed E-state index contributed by atoms with van der Waals surface area (Å²) >= 11 is 0. The van der Waals surface area contributed by atoms with Gasteiger partial charge in [0, 0.05) is 0 Å². The monoisotopic (exact) mass is 354 g/mol. The number of rotatable bonds is 4. The SMILES string of the molecule is CC(C)[C@@](C)(C#N)NC(=O)CN1C(=O)N[C@]2(CCc3ccccc32)C1=O. The molecule has 2 atom stereocenters. The molecule has 3 rings (SSSR count). The minimum absolute atomic E-state index is 0.118. The van der Waals surface area contributed by atoms with Crippen LogP contribution in [0.3, 0.4) is 0 Å². The fourth-order valence-corrected chi connectivity index (χ4v) is 3.51. The molecule has 2 N–H and O–H groups in total.